The van der Waals surface area contributed by atoms with Crippen LogP contribution in [0.4, 0.5) is 4.39 Å². The molecule has 1 aromatic carbocycles. The van der Waals surface area contributed by atoms with Crippen molar-refractivity contribution in [3.8, 4) is 5.69 Å². The second kappa shape index (κ2) is 6.76. The van der Waals surface area contributed by atoms with Crippen molar-refractivity contribution in [3.63, 3.8) is 0 Å². The zero-order chi connectivity index (χ0) is 17.1. The molecule has 1 amide bonds. The van der Waals surface area contributed by atoms with E-state index in [1.807, 2.05) is 0 Å². The third kappa shape index (κ3) is 3.41. The monoisotopic (exact) mass is 343 g/mol. The third-order valence-corrected chi connectivity index (χ3v) is 4.41. The van der Waals surface area contributed by atoms with E-state index in [2.05, 4.69) is 10.3 Å². The van der Waals surface area contributed by atoms with Gasteiger partial charge < -0.3 is 9.88 Å². The number of carbonyl (C=O) groups is 2. The number of aromatic nitrogens is 2. The van der Waals surface area contributed by atoms with Crippen molar-refractivity contribution in [1.82, 2.24) is 14.9 Å². The Morgan fingerprint density at radius 2 is 2.17 bits per heavy atom. The first-order valence-electron chi connectivity index (χ1n) is 7.19. The topological polar surface area (TPSA) is 64.0 Å². The van der Waals surface area contributed by atoms with Gasteiger partial charge in [-0.05, 0) is 30.7 Å². The highest BCUT2D eigenvalue weighted by molar-refractivity contribution is 7.12. The smallest absolute Gasteiger partial charge is 0.261 e. The summed E-state index contributed by atoms with van der Waals surface area (Å²) in [5.41, 5.74) is 1.56. The van der Waals surface area contributed by atoms with Gasteiger partial charge in [0, 0.05) is 29.9 Å². The van der Waals surface area contributed by atoms with Gasteiger partial charge >= 0.3 is 0 Å². The number of nitrogens with zero attached hydrogens (tertiary/aromatic N) is 2. The minimum Gasteiger partial charge on any atom is -0.347 e. The number of rotatable bonds is 5. The number of thiophene rings is 1. The van der Waals surface area contributed by atoms with E-state index in [-0.39, 0.29) is 18.2 Å². The molecule has 3 aromatic rings. The van der Waals surface area contributed by atoms with Crippen LogP contribution in [-0.4, -0.2) is 21.2 Å². The zero-order valence-corrected chi connectivity index (χ0v) is 13.6. The number of hydrogen-bond donors (Lipinski definition) is 1. The van der Waals surface area contributed by atoms with Crippen molar-refractivity contribution in [3.05, 3.63) is 70.2 Å². The van der Waals surface area contributed by atoms with Crippen LogP contribution in [0.25, 0.3) is 5.69 Å². The first-order valence-corrected chi connectivity index (χ1v) is 8.07. The molecule has 1 N–H and O–H groups in total. The molecule has 0 aliphatic heterocycles. The lowest BCUT2D eigenvalue weighted by Crippen LogP contribution is -2.22. The molecule has 0 saturated carbocycles. The minimum atomic E-state index is -0.394. The quantitative estimate of drug-likeness (QED) is 0.724. The molecule has 3 rings (SSSR count). The molecule has 24 heavy (non-hydrogen) atoms. The van der Waals surface area contributed by atoms with Gasteiger partial charge in [0.25, 0.3) is 5.91 Å². The maximum atomic E-state index is 14.2. The molecule has 2 aromatic heterocycles. The second-order valence-electron chi connectivity index (χ2n) is 5.19. The van der Waals surface area contributed by atoms with E-state index in [9.17, 15) is 14.0 Å². The maximum Gasteiger partial charge on any atom is 0.261 e. The van der Waals surface area contributed by atoms with Crippen LogP contribution in [0.2, 0.25) is 0 Å². The van der Waals surface area contributed by atoms with Crippen molar-refractivity contribution < 1.29 is 14.0 Å². The minimum absolute atomic E-state index is 0.0811. The molecule has 0 unspecified atom stereocenters. The van der Waals surface area contributed by atoms with Crippen LogP contribution >= 0.6 is 11.3 Å². The van der Waals surface area contributed by atoms with Crippen molar-refractivity contribution in [2.45, 2.75) is 13.5 Å². The van der Waals surface area contributed by atoms with E-state index in [0.717, 1.165) is 0 Å². The van der Waals surface area contributed by atoms with Crippen molar-refractivity contribution in [2.75, 3.05) is 0 Å². The molecule has 0 spiro atoms. The number of nitrogens with one attached hydrogen (secondary N) is 1. The largest absolute Gasteiger partial charge is 0.347 e. The lowest BCUT2D eigenvalue weighted by molar-refractivity contribution is 0.0955. The number of halogens is 1. The lowest BCUT2D eigenvalue weighted by Gasteiger charge is -2.08. The van der Waals surface area contributed by atoms with E-state index in [1.165, 1.54) is 30.7 Å². The van der Waals surface area contributed by atoms with Gasteiger partial charge in [0.15, 0.2) is 5.78 Å². The number of hydrogen-bond acceptors (Lipinski definition) is 4. The Labute approximate surface area is 141 Å². The molecule has 7 heteroatoms. The number of benzene rings is 1. The van der Waals surface area contributed by atoms with E-state index >= 15 is 0 Å². The van der Waals surface area contributed by atoms with Crippen molar-refractivity contribution >= 4 is 23.0 Å². The molecule has 0 aliphatic carbocycles. The number of Topliss-reactive ketones (excluding diaryl/α,β-unsaturated/α-hetero) is 1. The molecule has 2 heterocycles. The van der Waals surface area contributed by atoms with Gasteiger partial charge in [-0.1, -0.05) is 6.07 Å². The molecule has 122 valence electrons. The number of imidazole rings is 1. The second-order valence-corrected chi connectivity index (χ2v) is 6.11. The summed E-state index contributed by atoms with van der Waals surface area (Å²) in [6.45, 7) is 1.65. The van der Waals surface area contributed by atoms with Crippen LogP contribution in [0.15, 0.2) is 48.4 Å². The summed E-state index contributed by atoms with van der Waals surface area (Å²) in [5, 5.41) is 4.37. The molecule has 0 saturated heterocycles. The van der Waals surface area contributed by atoms with Crippen molar-refractivity contribution in [2.24, 2.45) is 0 Å². The fourth-order valence-corrected chi connectivity index (χ4v) is 3.04. The standard InChI is InChI=1S/C17H14FN3O2S/c1-11(22)13-7-16(24-9-13)17(23)20-8-12-2-3-15(14(18)6-12)21-5-4-19-10-21/h2-7,9-10H,8H2,1H3,(H,20,23). The average molecular weight is 343 g/mol. The number of carbonyl (C=O) groups excluding carboxylic acids is 2. The first-order chi connectivity index (χ1) is 11.5. The van der Waals surface area contributed by atoms with Crippen molar-refractivity contribution in [1.29, 1.82) is 0 Å². The highest BCUT2D eigenvalue weighted by Crippen LogP contribution is 2.17. The van der Waals surface area contributed by atoms with Gasteiger partial charge in [-0.2, -0.15) is 0 Å². The van der Waals surface area contributed by atoms with Gasteiger partial charge in [-0.3, -0.25) is 9.59 Å². The Morgan fingerprint density at radius 3 is 2.79 bits per heavy atom. The Morgan fingerprint density at radius 1 is 1.33 bits per heavy atom. The average Bonchev–Trinajstić information content (AvgIpc) is 3.24. The summed E-state index contributed by atoms with van der Waals surface area (Å²) < 4.78 is 15.7. The van der Waals surface area contributed by atoms with Gasteiger partial charge in [0.2, 0.25) is 0 Å². The summed E-state index contributed by atoms with van der Waals surface area (Å²) in [7, 11) is 0. The summed E-state index contributed by atoms with van der Waals surface area (Å²) in [4.78, 5) is 27.7. The predicted octanol–water partition coefficient (Wildman–Crippen LogP) is 3.21. The molecular formula is C17H14FN3O2S. The molecule has 0 bridgehead atoms. The third-order valence-electron chi connectivity index (χ3n) is 3.48. The normalized spacial score (nSPS) is 10.6. The fraction of sp³-hybridized carbons (Fsp3) is 0.118. The van der Waals surface area contributed by atoms with Gasteiger partial charge in [0.1, 0.15) is 5.82 Å². The summed E-state index contributed by atoms with van der Waals surface area (Å²) in [5.74, 6) is -0.760. The predicted molar refractivity (Wildman–Crippen MR) is 89.0 cm³/mol. The Hall–Kier alpha value is -2.80. The Bertz CT molecular complexity index is 887. The van der Waals surface area contributed by atoms with Crippen LogP contribution in [0.3, 0.4) is 0 Å². The van der Waals surface area contributed by atoms with Crippen LogP contribution in [0.5, 0.6) is 0 Å². The van der Waals surface area contributed by atoms with Crippen LogP contribution < -0.4 is 5.32 Å². The van der Waals surface area contributed by atoms with Gasteiger partial charge in [0.05, 0.1) is 16.9 Å². The van der Waals surface area contributed by atoms with E-state index in [0.29, 0.717) is 21.7 Å². The molecular weight excluding hydrogens is 329 g/mol. The van der Waals surface area contributed by atoms with E-state index < -0.39 is 5.82 Å². The van der Waals surface area contributed by atoms with E-state index in [1.54, 1.807) is 40.5 Å². The first kappa shape index (κ1) is 16.1. The number of ketones is 1. The summed E-state index contributed by atoms with van der Waals surface area (Å²) >= 11 is 1.21. The molecule has 0 atom stereocenters. The number of amides is 1. The molecule has 0 fully saturated rings. The fourth-order valence-electron chi connectivity index (χ4n) is 2.18. The van der Waals surface area contributed by atoms with Crippen LogP contribution in [-0.2, 0) is 6.54 Å². The Kier molecular flexibility index (Phi) is 4.52. The van der Waals surface area contributed by atoms with Crippen LogP contribution in [0.1, 0.15) is 32.5 Å². The molecule has 0 radical (unpaired) electrons. The van der Waals surface area contributed by atoms with Gasteiger partial charge in [-0.25, -0.2) is 9.37 Å². The SMILES string of the molecule is CC(=O)c1csc(C(=O)NCc2ccc(-n3ccnc3)c(F)c2)c1. The lowest BCUT2D eigenvalue weighted by atomic mass is 10.2. The Balaban J connectivity index is 1.67. The molecule has 0 aliphatic rings. The highest BCUT2D eigenvalue weighted by atomic mass is 32.1. The highest BCUT2D eigenvalue weighted by Gasteiger charge is 2.12. The maximum absolute atomic E-state index is 14.2. The summed E-state index contributed by atoms with van der Waals surface area (Å²) in [6, 6.07) is 6.32. The van der Waals surface area contributed by atoms with Gasteiger partial charge in [-0.15, -0.1) is 11.3 Å². The van der Waals surface area contributed by atoms with Crippen LogP contribution in [0, 0.1) is 5.82 Å². The summed E-state index contributed by atoms with van der Waals surface area (Å²) in [6.07, 6.45) is 4.75. The zero-order valence-electron chi connectivity index (χ0n) is 12.8. The van der Waals surface area contributed by atoms with E-state index in [4.69, 9.17) is 0 Å². The molecule has 5 nitrogen and oxygen atoms in total.